The van der Waals surface area contributed by atoms with Crippen LogP contribution in [0.25, 0.3) is 0 Å². The van der Waals surface area contributed by atoms with Gasteiger partial charge in [-0.25, -0.2) is 0 Å². The molecule has 3 fully saturated rings. The highest BCUT2D eigenvalue weighted by molar-refractivity contribution is 5.06. The van der Waals surface area contributed by atoms with Crippen LogP contribution < -0.4 is 5.32 Å². The minimum absolute atomic E-state index is 0.494. The number of hydrogen-bond donors (Lipinski definition) is 1. The molecule has 3 unspecified atom stereocenters. The summed E-state index contributed by atoms with van der Waals surface area (Å²) in [6, 6.07) is 1.68. The van der Waals surface area contributed by atoms with E-state index >= 15 is 0 Å². The number of piperazine rings is 1. The number of rotatable bonds is 2. The second kappa shape index (κ2) is 4.24. The molecule has 1 N–H and O–H groups in total. The van der Waals surface area contributed by atoms with Gasteiger partial charge in [0, 0.05) is 30.7 Å². The van der Waals surface area contributed by atoms with Gasteiger partial charge in [-0.2, -0.15) is 0 Å². The summed E-state index contributed by atoms with van der Waals surface area (Å²) >= 11 is 0. The summed E-state index contributed by atoms with van der Waals surface area (Å²) in [5, 5.41) is 3.91. The molecule has 3 rings (SSSR count). The van der Waals surface area contributed by atoms with Crippen LogP contribution in [0, 0.1) is 11.8 Å². The summed E-state index contributed by atoms with van der Waals surface area (Å²) in [6.45, 7) is 9.75. The van der Waals surface area contributed by atoms with Gasteiger partial charge in [-0.3, -0.25) is 4.90 Å². The molecule has 2 heteroatoms. The van der Waals surface area contributed by atoms with Crippen LogP contribution in [0.4, 0.5) is 0 Å². The van der Waals surface area contributed by atoms with Gasteiger partial charge in [0.2, 0.25) is 0 Å². The molecule has 2 aliphatic carbocycles. The van der Waals surface area contributed by atoms with E-state index in [0.717, 1.165) is 23.9 Å². The van der Waals surface area contributed by atoms with Crippen molar-refractivity contribution in [3.8, 4) is 0 Å². The van der Waals surface area contributed by atoms with E-state index in [1.54, 1.807) is 0 Å². The average molecular weight is 236 g/mol. The highest BCUT2D eigenvalue weighted by atomic mass is 15.3. The number of nitrogens with zero attached hydrogens (tertiary/aromatic N) is 1. The Morgan fingerprint density at radius 3 is 2.41 bits per heavy atom. The highest BCUT2D eigenvalue weighted by Crippen LogP contribution is 2.42. The SMILES string of the molecule is CC(C)C1CNC2(CCCC2)CN1C1CC1C. The molecule has 1 aliphatic heterocycles. The Morgan fingerprint density at radius 2 is 1.88 bits per heavy atom. The van der Waals surface area contributed by atoms with Gasteiger partial charge in [-0.1, -0.05) is 33.6 Å². The molecule has 0 aromatic rings. The molecule has 3 atom stereocenters. The van der Waals surface area contributed by atoms with Crippen LogP contribution >= 0.6 is 0 Å². The molecule has 0 radical (unpaired) electrons. The van der Waals surface area contributed by atoms with Crippen LogP contribution in [0.15, 0.2) is 0 Å². The standard InChI is InChI=1S/C15H28N2/c1-11(2)14-9-16-15(6-4-5-7-15)10-17(14)13-8-12(13)3/h11-14,16H,4-10H2,1-3H3. The van der Waals surface area contributed by atoms with Gasteiger partial charge in [0.25, 0.3) is 0 Å². The fourth-order valence-electron chi connectivity index (χ4n) is 4.09. The summed E-state index contributed by atoms with van der Waals surface area (Å²) in [7, 11) is 0. The Hall–Kier alpha value is -0.0800. The smallest absolute Gasteiger partial charge is 0.0309 e. The topological polar surface area (TPSA) is 15.3 Å². The molecule has 0 amide bonds. The lowest BCUT2D eigenvalue weighted by molar-refractivity contribution is 0.0468. The van der Waals surface area contributed by atoms with Crippen molar-refractivity contribution in [2.45, 2.75) is 70.5 Å². The van der Waals surface area contributed by atoms with Gasteiger partial charge in [0.15, 0.2) is 0 Å². The van der Waals surface area contributed by atoms with Crippen molar-refractivity contribution in [2.24, 2.45) is 11.8 Å². The first kappa shape index (κ1) is 12.0. The van der Waals surface area contributed by atoms with E-state index < -0.39 is 0 Å². The zero-order valence-electron chi connectivity index (χ0n) is 11.7. The molecule has 17 heavy (non-hydrogen) atoms. The average Bonchev–Trinajstić information content (AvgIpc) is 2.85. The summed E-state index contributed by atoms with van der Waals surface area (Å²) in [5.41, 5.74) is 0.494. The first-order chi connectivity index (χ1) is 8.11. The molecule has 2 nitrogen and oxygen atoms in total. The van der Waals surface area contributed by atoms with E-state index in [4.69, 9.17) is 0 Å². The number of nitrogens with one attached hydrogen (secondary N) is 1. The van der Waals surface area contributed by atoms with E-state index in [1.807, 2.05) is 0 Å². The van der Waals surface area contributed by atoms with Crippen molar-refractivity contribution >= 4 is 0 Å². The summed E-state index contributed by atoms with van der Waals surface area (Å²) in [6.07, 6.45) is 7.14. The van der Waals surface area contributed by atoms with Crippen molar-refractivity contribution in [1.82, 2.24) is 10.2 Å². The second-order valence-corrected chi connectivity index (χ2v) is 7.13. The minimum Gasteiger partial charge on any atom is -0.308 e. The van der Waals surface area contributed by atoms with Gasteiger partial charge in [-0.05, 0) is 31.1 Å². The molecular formula is C15H28N2. The van der Waals surface area contributed by atoms with E-state index in [0.29, 0.717) is 5.54 Å². The van der Waals surface area contributed by atoms with E-state index in [9.17, 15) is 0 Å². The Morgan fingerprint density at radius 1 is 1.24 bits per heavy atom. The zero-order valence-corrected chi connectivity index (χ0v) is 11.7. The fraction of sp³-hybridized carbons (Fsp3) is 1.00. The lowest BCUT2D eigenvalue weighted by Gasteiger charge is -2.48. The second-order valence-electron chi connectivity index (χ2n) is 7.13. The van der Waals surface area contributed by atoms with Gasteiger partial charge < -0.3 is 5.32 Å². The number of hydrogen-bond acceptors (Lipinski definition) is 2. The maximum Gasteiger partial charge on any atom is 0.0309 e. The normalized spacial score (nSPS) is 41.3. The predicted octanol–water partition coefficient (Wildman–Crippen LogP) is 2.64. The molecule has 0 bridgehead atoms. The fourth-order valence-corrected chi connectivity index (χ4v) is 4.09. The van der Waals surface area contributed by atoms with Crippen LogP contribution in [0.3, 0.4) is 0 Å². The van der Waals surface area contributed by atoms with E-state index in [2.05, 4.69) is 31.0 Å². The van der Waals surface area contributed by atoms with Crippen molar-refractivity contribution < 1.29 is 0 Å². The van der Waals surface area contributed by atoms with Crippen LogP contribution in [0.2, 0.25) is 0 Å². The third kappa shape index (κ3) is 2.15. The summed E-state index contributed by atoms with van der Waals surface area (Å²) in [5.74, 6) is 1.74. The van der Waals surface area contributed by atoms with Crippen LogP contribution in [-0.4, -0.2) is 35.6 Å². The maximum atomic E-state index is 3.91. The molecule has 0 aromatic heterocycles. The molecule has 98 valence electrons. The Bertz CT molecular complexity index is 281. The van der Waals surface area contributed by atoms with Crippen LogP contribution in [-0.2, 0) is 0 Å². The van der Waals surface area contributed by atoms with Crippen LogP contribution in [0.5, 0.6) is 0 Å². The molecular weight excluding hydrogens is 208 g/mol. The molecule has 3 aliphatic rings. The Balaban J connectivity index is 1.74. The molecule has 1 spiro atoms. The monoisotopic (exact) mass is 236 g/mol. The minimum atomic E-state index is 0.494. The molecule has 2 saturated carbocycles. The van der Waals surface area contributed by atoms with Crippen LogP contribution in [0.1, 0.15) is 52.9 Å². The van der Waals surface area contributed by atoms with E-state index in [-0.39, 0.29) is 0 Å². The molecule has 1 heterocycles. The third-order valence-electron chi connectivity index (χ3n) is 5.42. The lowest BCUT2D eigenvalue weighted by atomic mass is 9.89. The van der Waals surface area contributed by atoms with Gasteiger partial charge >= 0.3 is 0 Å². The molecule has 0 aromatic carbocycles. The maximum absolute atomic E-state index is 3.91. The van der Waals surface area contributed by atoms with Crippen molar-refractivity contribution in [2.75, 3.05) is 13.1 Å². The van der Waals surface area contributed by atoms with Crippen molar-refractivity contribution in [1.29, 1.82) is 0 Å². The first-order valence-corrected chi connectivity index (χ1v) is 7.62. The van der Waals surface area contributed by atoms with Crippen molar-refractivity contribution in [3.05, 3.63) is 0 Å². The van der Waals surface area contributed by atoms with Gasteiger partial charge in [0.1, 0.15) is 0 Å². The largest absolute Gasteiger partial charge is 0.308 e. The summed E-state index contributed by atoms with van der Waals surface area (Å²) in [4.78, 5) is 2.87. The first-order valence-electron chi connectivity index (χ1n) is 7.62. The molecule has 1 saturated heterocycles. The zero-order chi connectivity index (χ0) is 12.0. The highest BCUT2D eigenvalue weighted by Gasteiger charge is 2.48. The predicted molar refractivity (Wildman–Crippen MR) is 72.1 cm³/mol. The quantitative estimate of drug-likeness (QED) is 0.793. The lowest BCUT2D eigenvalue weighted by Crippen LogP contribution is -2.65. The van der Waals surface area contributed by atoms with Gasteiger partial charge in [0.05, 0.1) is 0 Å². The van der Waals surface area contributed by atoms with Crippen molar-refractivity contribution in [3.63, 3.8) is 0 Å². The third-order valence-corrected chi connectivity index (χ3v) is 5.42. The van der Waals surface area contributed by atoms with E-state index in [1.165, 1.54) is 45.2 Å². The van der Waals surface area contributed by atoms with Gasteiger partial charge in [-0.15, -0.1) is 0 Å². The Labute approximate surface area is 106 Å². The Kier molecular flexibility index (Phi) is 2.99. The summed E-state index contributed by atoms with van der Waals surface area (Å²) < 4.78 is 0.